The summed E-state index contributed by atoms with van der Waals surface area (Å²) in [5, 5.41) is 17.9. The van der Waals surface area contributed by atoms with Crippen LogP contribution in [0.3, 0.4) is 0 Å². The van der Waals surface area contributed by atoms with Gasteiger partial charge in [0.1, 0.15) is 5.60 Å². The summed E-state index contributed by atoms with van der Waals surface area (Å²) in [6.07, 6.45) is 1.98. The minimum Gasteiger partial charge on any atom is -0.505 e. The number of amides is 1. The molecule has 6 heteroatoms. The van der Waals surface area contributed by atoms with E-state index in [0.717, 1.165) is 6.20 Å². The SMILES string of the molecule is CC(C)(C)OC(=O)N1CCC(/[14C](O)=C/[N+]#N)CC1. The predicted octanol–water partition coefficient (Wildman–Crippen LogP) is 2.89. The Bertz CT molecular complexity index is 371. The predicted molar refractivity (Wildman–Crippen MR) is 66.3 cm³/mol. The average molecular weight is 256 g/mol. The van der Waals surface area contributed by atoms with Crippen molar-refractivity contribution in [3.63, 3.8) is 0 Å². The smallest absolute Gasteiger partial charge is 0.410 e. The lowest BCUT2D eigenvalue weighted by atomic mass is 10.1. The van der Waals surface area contributed by atoms with Gasteiger partial charge in [-0.1, -0.05) is 0 Å². The van der Waals surface area contributed by atoms with E-state index in [1.54, 1.807) is 4.90 Å². The molecule has 0 aromatic heterocycles. The number of piperidine rings is 1. The van der Waals surface area contributed by atoms with Crippen LogP contribution >= 0.6 is 0 Å². The van der Waals surface area contributed by atoms with Crippen LogP contribution in [0.5, 0.6) is 0 Å². The first-order valence-electron chi connectivity index (χ1n) is 6.04. The molecule has 0 aliphatic carbocycles. The second-order valence-corrected chi connectivity index (χ2v) is 5.41. The zero-order chi connectivity index (χ0) is 13.8. The molecule has 0 unspecified atom stereocenters. The van der Waals surface area contributed by atoms with Crippen molar-refractivity contribution in [2.75, 3.05) is 13.1 Å². The van der Waals surface area contributed by atoms with Gasteiger partial charge in [0.05, 0.1) is 0 Å². The van der Waals surface area contributed by atoms with Crippen molar-refractivity contribution in [1.29, 1.82) is 5.39 Å². The first-order valence-corrected chi connectivity index (χ1v) is 6.04. The number of nitrogens with zero attached hydrogens (tertiary/aromatic N) is 3. The normalized spacial score (nSPS) is 18.3. The summed E-state index contributed by atoms with van der Waals surface area (Å²) in [5.41, 5.74) is -0.494. The number of aliphatic hydroxyl groups excluding tert-OH is 1. The highest BCUT2D eigenvalue weighted by molar-refractivity contribution is 5.68. The summed E-state index contributed by atoms with van der Waals surface area (Å²) < 4.78 is 5.27. The Morgan fingerprint density at radius 2 is 2.06 bits per heavy atom. The van der Waals surface area contributed by atoms with E-state index in [9.17, 15) is 9.90 Å². The lowest BCUT2D eigenvalue weighted by Gasteiger charge is -2.32. The molecule has 1 fully saturated rings. The number of hydrogen-bond donors (Lipinski definition) is 1. The standard InChI is InChI=1S/C12H19N3O3/c1-12(2,3)18-11(17)15-6-4-9(5-7-15)10(16)8-14-13/h8-9H,4-7H2,1-3H3/p+1/b10-8-/i10+2. The number of aliphatic hydroxyl groups is 1. The summed E-state index contributed by atoms with van der Waals surface area (Å²) in [6, 6.07) is 0. The molecule has 1 heterocycles. The van der Waals surface area contributed by atoms with E-state index in [-0.39, 0.29) is 17.8 Å². The monoisotopic (exact) mass is 256 g/mol. The number of allylic oxidation sites excluding steroid dienone is 1. The molecule has 6 nitrogen and oxygen atoms in total. The second-order valence-electron chi connectivity index (χ2n) is 5.41. The first kappa shape index (κ1) is 14.3. The van der Waals surface area contributed by atoms with E-state index in [0.29, 0.717) is 25.9 Å². The fourth-order valence-corrected chi connectivity index (χ4v) is 1.85. The van der Waals surface area contributed by atoms with E-state index in [1.807, 2.05) is 20.8 Å². The van der Waals surface area contributed by atoms with Crippen LogP contribution in [0.1, 0.15) is 33.6 Å². The molecule has 1 aliphatic rings. The van der Waals surface area contributed by atoms with Crippen molar-refractivity contribution < 1.29 is 14.6 Å². The third kappa shape index (κ3) is 4.24. The van der Waals surface area contributed by atoms with E-state index < -0.39 is 5.60 Å². The van der Waals surface area contributed by atoms with Gasteiger partial charge in [0, 0.05) is 19.0 Å². The number of carbonyl (C=O) groups is 1. The van der Waals surface area contributed by atoms with Crippen LogP contribution in [-0.2, 0) is 4.74 Å². The van der Waals surface area contributed by atoms with Crippen LogP contribution in [0.2, 0.25) is 0 Å². The molecule has 1 saturated heterocycles. The van der Waals surface area contributed by atoms with Crippen LogP contribution in [0.15, 0.2) is 12.0 Å². The number of diazo groups is 1. The van der Waals surface area contributed by atoms with Crippen molar-refractivity contribution in [3.8, 4) is 0 Å². The van der Waals surface area contributed by atoms with E-state index in [2.05, 4.69) is 4.98 Å². The molecular weight excluding hydrogens is 236 g/mol. The van der Waals surface area contributed by atoms with Gasteiger partial charge in [0.2, 0.25) is 5.39 Å². The molecule has 100 valence electrons. The van der Waals surface area contributed by atoms with E-state index >= 15 is 0 Å². The van der Waals surface area contributed by atoms with Gasteiger partial charge >= 0.3 is 12.3 Å². The fourth-order valence-electron chi connectivity index (χ4n) is 1.85. The Morgan fingerprint density at radius 1 is 1.50 bits per heavy atom. The number of hydrogen-bond acceptors (Lipinski definition) is 4. The van der Waals surface area contributed by atoms with Gasteiger partial charge < -0.3 is 14.7 Å². The van der Waals surface area contributed by atoms with Crippen LogP contribution in [0, 0.1) is 11.3 Å². The summed E-state index contributed by atoms with van der Waals surface area (Å²) in [5.74, 6) is 0.000857. The Hall–Kier alpha value is -1.77. The maximum absolute atomic E-state index is 11.8. The number of likely N-dealkylation sites (tertiary alicyclic amines) is 1. The third-order valence-corrected chi connectivity index (χ3v) is 2.75. The van der Waals surface area contributed by atoms with Crippen LogP contribution < -0.4 is 0 Å². The largest absolute Gasteiger partial charge is 0.505 e. The molecule has 1 N–H and O–H groups in total. The zero-order valence-corrected chi connectivity index (χ0v) is 11.1. The molecular formula is C12H20N3O3+. The summed E-state index contributed by atoms with van der Waals surface area (Å²) in [7, 11) is 0. The molecule has 0 bridgehead atoms. The highest BCUT2D eigenvalue weighted by atomic mass is 16.6. The molecule has 0 atom stereocenters. The topological polar surface area (TPSA) is 77.9 Å². The maximum atomic E-state index is 11.8. The van der Waals surface area contributed by atoms with Gasteiger partial charge in [-0.05, 0) is 33.6 Å². The number of rotatable bonds is 1. The van der Waals surface area contributed by atoms with Crippen molar-refractivity contribution in [3.05, 3.63) is 16.9 Å². The number of carbonyl (C=O) groups excluding carboxylic acids is 1. The Labute approximate surface area is 107 Å². The van der Waals surface area contributed by atoms with Crippen LogP contribution in [0.25, 0.3) is 4.98 Å². The van der Waals surface area contributed by atoms with Crippen LogP contribution in [-0.4, -0.2) is 34.8 Å². The molecule has 1 rings (SSSR count). The molecule has 0 radical (unpaired) electrons. The molecule has 1 amide bonds. The van der Waals surface area contributed by atoms with Crippen molar-refractivity contribution in [2.45, 2.75) is 39.2 Å². The molecule has 18 heavy (non-hydrogen) atoms. The lowest BCUT2D eigenvalue weighted by molar-refractivity contribution is 0.0182. The van der Waals surface area contributed by atoms with Gasteiger partial charge in [-0.15, -0.1) is 0 Å². The van der Waals surface area contributed by atoms with Gasteiger partial charge in [0.15, 0.2) is 10.7 Å². The summed E-state index contributed by atoms with van der Waals surface area (Å²) in [6.45, 7) is 6.55. The van der Waals surface area contributed by atoms with E-state index in [1.165, 1.54) is 0 Å². The van der Waals surface area contributed by atoms with E-state index in [4.69, 9.17) is 10.1 Å². The van der Waals surface area contributed by atoms with Gasteiger partial charge in [-0.2, -0.15) is 0 Å². The van der Waals surface area contributed by atoms with Crippen molar-refractivity contribution in [1.82, 2.24) is 4.90 Å². The molecule has 0 saturated carbocycles. The maximum Gasteiger partial charge on any atom is 0.410 e. The van der Waals surface area contributed by atoms with Gasteiger partial charge in [-0.3, -0.25) is 0 Å². The highest BCUT2D eigenvalue weighted by Gasteiger charge is 2.29. The first-order chi connectivity index (χ1) is 8.33. The van der Waals surface area contributed by atoms with Gasteiger partial charge in [-0.25, -0.2) is 4.79 Å². The highest BCUT2D eigenvalue weighted by Crippen LogP contribution is 2.24. The minimum atomic E-state index is -0.494. The lowest BCUT2D eigenvalue weighted by Crippen LogP contribution is -2.42. The number of ether oxygens (including phenoxy) is 1. The average Bonchev–Trinajstić information content (AvgIpc) is 2.27. The quantitative estimate of drug-likeness (QED) is 0.578. The Balaban J connectivity index is 2.47. The van der Waals surface area contributed by atoms with Crippen molar-refractivity contribution in [2.24, 2.45) is 5.92 Å². The Morgan fingerprint density at radius 3 is 2.50 bits per heavy atom. The summed E-state index contributed by atoms with van der Waals surface area (Å²) >= 11 is 0. The van der Waals surface area contributed by atoms with Gasteiger partial charge in [0.25, 0.3) is 0 Å². The second kappa shape index (κ2) is 5.71. The molecule has 0 aromatic rings. The third-order valence-electron chi connectivity index (χ3n) is 2.75. The Kier molecular flexibility index (Phi) is 4.54. The zero-order valence-electron chi connectivity index (χ0n) is 11.1. The van der Waals surface area contributed by atoms with Crippen LogP contribution in [0.4, 0.5) is 4.79 Å². The van der Waals surface area contributed by atoms with Crippen molar-refractivity contribution >= 4 is 6.09 Å². The fraction of sp³-hybridized carbons (Fsp3) is 0.750. The molecule has 0 aromatic carbocycles. The molecule has 1 aliphatic heterocycles. The minimum absolute atomic E-state index is 0.0559. The summed E-state index contributed by atoms with van der Waals surface area (Å²) in [4.78, 5) is 16.2. The molecule has 0 spiro atoms.